The van der Waals surface area contributed by atoms with Crippen molar-refractivity contribution in [3.05, 3.63) is 70.0 Å². The Balaban J connectivity index is 1.47. The van der Waals surface area contributed by atoms with E-state index in [0.717, 1.165) is 10.2 Å². The molecular formula is C23H23FN4O4. The Kier molecular flexibility index (Phi) is 5.81. The van der Waals surface area contributed by atoms with Crippen molar-refractivity contribution in [1.82, 2.24) is 19.5 Å². The normalized spacial score (nSPS) is 11.1. The van der Waals surface area contributed by atoms with Gasteiger partial charge in [0, 0.05) is 11.9 Å². The van der Waals surface area contributed by atoms with Gasteiger partial charge >= 0.3 is 0 Å². The Labute approximate surface area is 183 Å². The van der Waals surface area contributed by atoms with E-state index in [4.69, 9.17) is 9.47 Å². The van der Waals surface area contributed by atoms with Crippen molar-refractivity contribution >= 4 is 22.3 Å². The molecule has 0 aliphatic rings. The van der Waals surface area contributed by atoms with Crippen LogP contribution < -0.4 is 20.3 Å². The topological polar surface area (TPSA) is 86.9 Å². The van der Waals surface area contributed by atoms with Crippen LogP contribution in [-0.4, -0.2) is 40.9 Å². The monoisotopic (exact) mass is 438 g/mol. The molecule has 9 heteroatoms. The number of rotatable bonds is 7. The van der Waals surface area contributed by atoms with Crippen LogP contribution in [-0.2, 0) is 17.8 Å². The summed E-state index contributed by atoms with van der Waals surface area (Å²) in [5.74, 6) is 1.08. The number of halogens is 1. The van der Waals surface area contributed by atoms with Crippen molar-refractivity contribution in [1.29, 1.82) is 0 Å². The number of nitrogens with zero attached hydrogens (tertiary/aromatic N) is 3. The summed E-state index contributed by atoms with van der Waals surface area (Å²) in [6.45, 7) is 1.91. The van der Waals surface area contributed by atoms with E-state index in [0.29, 0.717) is 46.7 Å². The molecule has 0 aliphatic carbocycles. The third kappa shape index (κ3) is 4.01. The van der Waals surface area contributed by atoms with Crippen LogP contribution in [0.5, 0.6) is 11.5 Å². The van der Waals surface area contributed by atoms with Crippen LogP contribution in [0, 0.1) is 12.7 Å². The number of nitrogens with one attached hydrogen (secondary N) is 1. The summed E-state index contributed by atoms with van der Waals surface area (Å²) >= 11 is 0. The molecule has 0 saturated heterocycles. The summed E-state index contributed by atoms with van der Waals surface area (Å²) in [7, 11) is 3.14. The van der Waals surface area contributed by atoms with Gasteiger partial charge in [-0.25, -0.2) is 9.07 Å². The SMILES string of the molecule is COc1ccc(CCNC(=O)Cn2nc(C)n3c(cc4cc(F)ccc43)c2=O)cc1OC. The average molecular weight is 438 g/mol. The van der Waals surface area contributed by atoms with Crippen LogP contribution in [0.25, 0.3) is 16.4 Å². The van der Waals surface area contributed by atoms with Gasteiger partial charge in [-0.05, 0) is 55.3 Å². The zero-order chi connectivity index (χ0) is 22.8. The van der Waals surface area contributed by atoms with Crippen LogP contribution in [0.3, 0.4) is 0 Å². The van der Waals surface area contributed by atoms with E-state index in [1.54, 1.807) is 37.7 Å². The molecule has 2 heterocycles. The van der Waals surface area contributed by atoms with E-state index >= 15 is 0 Å². The van der Waals surface area contributed by atoms with Gasteiger partial charge in [-0.1, -0.05) is 6.07 Å². The number of methoxy groups -OCH3 is 2. The molecule has 166 valence electrons. The fraction of sp³-hybridized carbons (Fsp3) is 0.261. The predicted molar refractivity (Wildman–Crippen MR) is 118 cm³/mol. The number of benzene rings is 2. The quantitative estimate of drug-likeness (QED) is 0.479. The van der Waals surface area contributed by atoms with Crippen LogP contribution in [0.1, 0.15) is 11.4 Å². The van der Waals surface area contributed by atoms with Crippen LogP contribution in [0.4, 0.5) is 4.39 Å². The van der Waals surface area contributed by atoms with E-state index in [1.807, 2.05) is 18.2 Å². The molecule has 8 nitrogen and oxygen atoms in total. The second-order valence-electron chi connectivity index (χ2n) is 7.37. The zero-order valence-electron chi connectivity index (χ0n) is 18.0. The van der Waals surface area contributed by atoms with E-state index in [-0.39, 0.29) is 18.3 Å². The summed E-state index contributed by atoms with van der Waals surface area (Å²) in [5, 5.41) is 7.68. The van der Waals surface area contributed by atoms with Gasteiger partial charge in [-0.15, -0.1) is 0 Å². The van der Waals surface area contributed by atoms with Crippen molar-refractivity contribution < 1.29 is 18.7 Å². The Morgan fingerprint density at radius 1 is 1.06 bits per heavy atom. The average Bonchev–Trinajstić information content (AvgIpc) is 3.16. The highest BCUT2D eigenvalue weighted by Gasteiger charge is 2.14. The molecule has 0 fully saturated rings. The fourth-order valence-corrected chi connectivity index (χ4v) is 3.77. The Bertz CT molecular complexity index is 1380. The van der Waals surface area contributed by atoms with Crippen molar-refractivity contribution in [2.24, 2.45) is 0 Å². The standard InChI is InChI=1S/C23H23FN4O4/c1-14-26-27(23(30)19-12-16-11-17(24)5-6-18(16)28(14)19)13-22(29)25-9-8-15-4-7-20(31-2)21(10-15)32-3/h4-7,10-12H,8-9,13H2,1-3H3,(H,25,29). The summed E-state index contributed by atoms with van der Waals surface area (Å²) in [6, 6.07) is 11.5. The lowest BCUT2D eigenvalue weighted by Crippen LogP contribution is -2.35. The molecule has 0 saturated carbocycles. The first-order valence-corrected chi connectivity index (χ1v) is 10.1. The molecule has 4 aromatic rings. The van der Waals surface area contributed by atoms with Gasteiger partial charge in [-0.3, -0.25) is 14.0 Å². The summed E-state index contributed by atoms with van der Waals surface area (Å²) < 4.78 is 26.9. The maximum atomic E-state index is 13.6. The van der Waals surface area contributed by atoms with Crippen LogP contribution >= 0.6 is 0 Å². The predicted octanol–water partition coefficient (Wildman–Crippen LogP) is 2.47. The molecule has 1 N–H and O–H groups in total. The number of fused-ring (bicyclic) bond motifs is 3. The molecule has 2 aromatic heterocycles. The van der Waals surface area contributed by atoms with Crippen molar-refractivity contribution in [3.63, 3.8) is 0 Å². The maximum absolute atomic E-state index is 13.6. The molecule has 32 heavy (non-hydrogen) atoms. The molecule has 0 atom stereocenters. The minimum Gasteiger partial charge on any atom is -0.493 e. The first-order valence-electron chi connectivity index (χ1n) is 10.1. The minimum atomic E-state index is -0.415. The lowest BCUT2D eigenvalue weighted by atomic mass is 10.1. The number of carbonyl (C=O) groups is 1. The summed E-state index contributed by atoms with van der Waals surface area (Å²) in [6.07, 6.45) is 0.585. The van der Waals surface area contributed by atoms with Crippen molar-refractivity contribution in [2.45, 2.75) is 19.9 Å². The first kappa shape index (κ1) is 21.4. The van der Waals surface area contributed by atoms with Crippen molar-refractivity contribution in [2.75, 3.05) is 20.8 Å². The van der Waals surface area contributed by atoms with E-state index in [2.05, 4.69) is 10.4 Å². The highest BCUT2D eigenvalue weighted by atomic mass is 19.1. The Morgan fingerprint density at radius 2 is 1.84 bits per heavy atom. The zero-order valence-corrected chi connectivity index (χ0v) is 18.0. The minimum absolute atomic E-state index is 0.210. The lowest BCUT2D eigenvalue weighted by Gasteiger charge is -2.11. The van der Waals surface area contributed by atoms with Gasteiger partial charge in [0.2, 0.25) is 5.91 Å². The second kappa shape index (κ2) is 8.70. The summed E-state index contributed by atoms with van der Waals surface area (Å²) in [5.41, 5.74) is 1.59. The smallest absolute Gasteiger partial charge is 0.291 e. The number of ether oxygens (including phenoxy) is 2. The molecule has 1 amide bonds. The highest BCUT2D eigenvalue weighted by molar-refractivity contribution is 5.87. The van der Waals surface area contributed by atoms with Crippen LogP contribution in [0.15, 0.2) is 47.3 Å². The number of aryl methyl sites for hydroxylation is 1. The van der Waals surface area contributed by atoms with E-state index in [1.165, 1.54) is 12.1 Å². The van der Waals surface area contributed by atoms with Gasteiger partial charge in [0.1, 0.15) is 23.7 Å². The molecule has 0 bridgehead atoms. The molecule has 0 aliphatic heterocycles. The van der Waals surface area contributed by atoms with Gasteiger partial charge < -0.3 is 14.8 Å². The fourth-order valence-electron chi connectivity index (χ4n) is 3.77. The van der Waals surface area contributed by atoms with E-state index in [9.17, 15) is 14.0 Å². The number of hydrogen-bond acceptors (Lipinski definition) is 5. The van der Waals surface area contributed by atoms with Crippen molar-refractivity contribution in [3.8, 4) is 11.5 Å². The number of carbonyl (C=O) groups excluding carboxylic acids is 1. The third-order valence-corrected chi connectivity index (χ3v) is 5.28. The number of hydrogen-bond donors (Lipinski definition) is 1. The lowest BCUT2D eigenvalue weighted by molar-refractivity contribution is -0.121. The Hall–Kier alpha value is -3.88. The van der Waals surface area contributed by atoms with Gasteiger partial charge in [0.05, 0.1) is 19.7 Å². The van der Waals surface area contributed by atoms with Gasteiger partial charge in [-0.2, -0.15) is 5.10 Å². The van der Waals surface area contributed by atoms with Crippen LogP contribution in [0.2, 0.25) is 0 Å². The number of aromatic nitrogens is 3. The highest BCUT2D eigenvalue weighted by Crippen LogP contribution is 2.27. The Morgan fingerprint density at radius 3 is 2.59 bits per heavy atom. The van der Waals surface area contributed by atoms with E-state index < -0.39 is 5.56 Å². The van der Waals surface area contributed by atoms with Gasteiger partial charge in [0.15, 0.2) is 11.5 Å². The molecule has 2 aromatic carbocycles. The summed E-state index contributed by atoms with van der Waals surface area (Å²) in [4.78, 5) is 25.3. The first-order chi connectivity index (χ1) is 15.4. The van der Waals surface area contributed by atoms with Gasteiger partial charge in [0.25, 0.3) is 5.56 Å². The second-order valence-corrected chi connectivity index (χ2v) is 7.37. The molecule has 0 unspecified atom stereocenters. The molecule has 0 spiro atoms. The third-order valence-electron chi connectivity index (χ3n) is 5.28. The molecule has 0 radical (unpaired) electrons. The largest absolute Gasteiger partial charge is 0.493 e. The molecule has 4 rings (SSSR count). The maximum Gasteiger partial charge on any atom is 0.291 e. The number of amides is 1. The molecular weight excluding hydrogens is 415 g/mol.